The maximum Gasteiger partial charge on any atom is 0.182 e. The SMILES string of the molecule is Cc1cn(-c2cn(C)nc2C)c(=S)[nH]1. The third-order valence-corrected chi connectivity index (χ3v) is 2.39. The van der Waals surface area contributed by atoms with Gasteiger partial charge in [-0.15, -0.1) is 0 Å². The molecule has 0 fully saturated rings. The lowest BCUT2D eigenvalue weighted by Crippen LogP contribution is -1.92. The van der Waals surface area contributed by atoms with E-state index in [0.29, 0.717) is 4.77 Å². The minimum absolute atomic E-state index is 0.707. The highest BCUT2D eigenvalue weighted by Gasteiger charge is 2.06. The summed E-state index contributed by atoms with van der Waals surface area (Å²) >= 11 is 5.19. The second kappa shape index (κ2) is 3.09. The largest absolute Gasteiger partial charge is 0.335 e. The number of nitrogens with zero attached hydrogens (tertiary/aromatic N) is 3. The molecule has 0 atom stereocenters. The highest BCUT2D eigenvalue weighted by molar-refractivity contribution is 7.71. The molecule has 2 rings (SSSR count). The predicted octanol–water partition coefficient (Wildman–Crippen LogP) is 1.89. The summed E-state index contributed by atoms with van der Waals surface area (Å²) in [6.07, 6.45) is 3.94. The molecule has 5 heteroatoms. The van der Waals surface area contributed by atoms with Gasteiger partial charge in [-0.2, -0.15) is 5.10 Å². The normalized spacial score (nSPS) is 10.8. The Morgan fingerprint density at radius 1 is 1.36 bits per heavy atom. The Kier molecular flexibility index (Phi) is 2.03. The summed E-state index contributed by atoms with van der Waals surface area (Å²) in [6, 6.07) is 0. The predicted molar refractivity (Wildman–Crippen MR) is 57.2 cm³/mol. The molecule has 0 spiro atoms. The lowest BCUT2D eigenvalue weighted by atomic mass is 10.4. The number of hydrogen-bond donors (Lipinski definition) is 1. The molecule has 2 aromatic rings. The van der Waals surface area contributed by atoms with Crippen molar-refractivity contribution in [2.45, 2.75) is 13.8 Å². The van der Waals surface area contributed by atoms with Crippen molar-refractivity contribution in [2.75, 3.05) is 0 Å². The van der Waals surface area contributed by atoms with E-state index in [4.69, 9.17) is 12.2 Å². The summed E-state index contributed by atoms with van der Waals surface area (Å²) in [4.78, 5) is 3.08. The van der Waals surface area contributed by atoms with E-state index in [-0.39, 0.29) is 0 Å². The van der Waals surface area contributed by atoms with E-state index in [2.05, 4.69) is 10.1 Å². The zero-order valence-corrected chi connectivity index (χ0v) is 9.22. The first-order chi connectivity index (χ1) is 6.58. The summed E-state index contributed by atoms with van der Waals surface area (Å²) in [7, 11) is 1.90. The smallest absolute Gasteiger partial charge is 0.182 e. The molecule has 1 N–H and O–H groups in total. The van der Waals surface area contributed by atoms with Crippen molar-refractivity contribution in [3.63, 3.8) is 0 Å². The highest BCUT2D eigenvalue weighted by atomic mass is 32.1. The van der Waals surface area contributed by atoms with E-state index in [9.17, 15) is 0 Å². The molecule has 0 saturated carbocycles. The van der Waals surface area contributed by atoms with Gasteiger partial charge in [0.15, 0.2) is 4.77 Å². The van der Waals surface area contributed by atoms with Crippen molar-refractivity contribution in [1.82, 2.24) is 19.3 Å². The fraction of sp³-hybridized carbons (Fsp3) is 0.333. The molecule has 2 heterocycles. The standard InChI is InChI=1S/C9H12N4S/c1-6-4-13(9(14)10-6)8-5-12(3)11-7(8)2/h4-5H,1-3H3,(H,10,14). The van der Waals surface area contributed by atoms with Gasteiger partial charge < -0.3 is 4.98 Å². The number of nitrogens with one attached hydrogen (secondary N) is 1. The molecular formula is C9H12N4S. The quantitative estimate of drug-likeness (QED) is 0.727. The number of hydrogen-bond acceptors (Lipinski definition) is 2. The van der Waals surface area contributed by atoms with Gasteiger partial charge in [-0.3, -0.25) is 9.25 Å². The van der Waals surface area contributed by atoms with Crippen LogP contribution in [0.25, 0.3) is 5.69 Å². The van der Waals surface area contributed by atoms with E-state index in [1.54, 1.807) is 4.68 Å². The number of rotatable bonds is 1. The summed E-state index contributed by atoms with van der Waals surface area (Å²) in [6.45, 7) is 3.96. The molecule has 4 nitrogen and oxygen atoms in total. The average molecular weight is 208 g/mol. The topological polar surface area (TPSA) is 38.5 Å². The van der Waals surface area contributed by atoms with Crippen molar-refractivity contribution in [3.05, 3.63) is 28.6 Å². The first-order valence-electron chi connectivity index (χ1n) is 4.37. The van der Waals surface area contributed by atoms with Gasteiger partial charge >= 0.3 is 0 Å². The Morgan fingerprint density at radius 2 is 2.07 bits per heavy atom. The van der Waals surface area contributed by atoms with Crippen molar-refractivity contribution in [1.29, 1.82) is 0 Å². The molecule has 2 aromatic heterocycles. The van der Waals surface area contributed by atoms with Gasteiger partial charge in [-0.1, -0.05) is 0 Å². The van der Waals surface area contributed by atoms with E-state index < -0.39 is 0 Å². The van der Waals surface area contributed by atoms with Gasteiger partial charge in [-0.25, -0.2) is 0 Å². The monoisotopic (exact) mass is 208 g/mol. The van der Waals surface area contributed by atoms with Gasteiger partial charge in [0.1, 0.15) is 0 Å². The zero-order chi connectivity index (χ0) is 10.3. The molecule has 0 bridgehead atoms. The molecule has 0 saturated heterocycles. The molecule has 74 valence electrons. The number of imidazole rings is 1. The van der Waals surface area contributed by atoms with Crippen LogP contribution >= 0.6 is 12.2 Å². The summed E-state index contributed by atoms with van der Waals surface area (Å²) in [5.41, 5.74) is 3.06. The maximum absolute atomic E-state index is 5.19. The fourth-order valence-corrected chi connectivity index (χ4v) is 1.83. The average Bonchev–Trinajstić information content (AvgIpc) is 2.55. The van der Waals surface area contributed by atoms with E-state index in [1.807, 2.05) is 37.9 Å². The number of aromatic nitrogens is 4. The van der Waals surface area contributed by atoms with Gasteiger partial charge in [0, 0.05) is 25.1 Å². The van der Waals surface area contributed by atoms with Gasteiger partial charge in [-0.05, 0) is 26.1 Å². The van der Waals surface area contributed by atoms with Crippen LogP contribution in [0.15, 0.2) is 12.4 Å². The van der Waals surface area contributed by atoms with Gasteiger partial charge in [0.05, 0.1) is 11.4 Å². The minimum Gasteiger partial charge on any atom is -0.335 e. The third kappa shape index (κ3) is 1.39. The second-order valence-electron chi connectivity index (χ2n) is 3.39. The Morgan fingerprint density at radius 3 is 2.50 bits per heavy atom. The highest BCUT2D eigenvalue weighted by Crippen LogP contribution is 2.13. The van der Waals surface area contributed by atoms with Crippen LogP contribution in [-0.2, 0) is 7.05 Å². The number of aryl methyl sites for hydroxylation is 3. The van der Waals surface area contributed by atoms with Crippen molar-refractivity contribution in [3.8, 4) is 5.69 Å². The molecular weight excluding hydrogens is 196 g/mol. The van der Waals surface area contributed by atoms with Crippen LogP contribution in [0, 0.1) is 18.6 Å². The van der Waals surface area contributed by atoms with E-state index >= 15 is 0 Å². The van der Waals surface area contributed by atoms with Crippen LogP contribution in [0.2, 0.25) is 0 Å². The molecule has 0 unspecified atom stereocenters. The first-order valence-corrected chi connectivity index (χ1v) is 4.77. The maximum atomic E-state index is 5.19. The lowest BCUT2D eigenvalue weighted by Gasteiger charge is -1.97. The molecule has 14 heavy (non-hydrogen) atoms. The Hall–Kier alpha value is -1.36. The van der Waals surface area contributed by atoms with Gasteiger partial charge in [0.2, 0.25) is 0 Å². The minimum atomic E-state index is 0.707. The summed E-state index contributed by atoms with van der Waals surface area (Å²) in [5.74, 6) is 0. The number of H-pyrrole nitrogens is 1. The van der Waals surface area contributed by atoms with Crippen molar-refractivity contribution < 1.29 is 0 Å². The Balaban J connectivity index is 2.65. The van der Waals surface area contributed by atoms with Crippen molar-refractivity contribution >= 4 is 12.2 Å². The Labute approximate surface area is 87.2 Å². The molecule has 0 aliphatic rings. The summed E-state index contributed by atoms with van der Waals surface area (Å²) < 4.78 is 4.43. The van der Waals surface area contributed by atoms with Crippen LogP contribution < -0.4 is 0 Å². The van der Waals surface area contributed by atoms with Crippen molar-refractivity contribution in [2.24, 2.45) is 7.05 Å². The van der Waals surface area contributed by atoms with Crippen LogP contribution in [0.3, 0.4) is 0 Å². The van der Waals surface area contributed by atoms with E-state index in [0.717, 1.165) is 17.1 Å². The number of aromatic amines is 1. The van der Waals surface area contributed by atoms with Gasteiger partial charge in [0.25, 0.3) is 0 Å². The van der Waals surface area contributed by atoms with Crippen LogP contribution in [0.1, 0.15) is 11.4 Å². The lowest BCUT2D eigenvalue weighted by molar-refractivity contribution is 0.756. The second-order valence-corrected chi connectivity index (χ2v) is 3.77. The Bertz CT molecular complexity index is 517. The van der Waals surface area contributed by atoms with E-state index in [1.165, 1.54) is 0 Å². The fourth-order valence-electron chi connectivity index (χ4n) is 1.52. The summed E-state index contributed by atoms with van der Waals surface area (Å²) in [5, 5.41) is 4.27. The molecule has 0 aliphatic carbocycles. The molecule has 0 aromatic carbocycles. The van der Waals surface area contributed by atoms with Crippen LogP contribution in [-0.4, -0.2) is 19.3 Å². The third-order valence-electron chi connectivity index (χ3n) is 2.09. The molecule has 0 aliphatic heterocycles. The molecule has 0 radical (unpaired) electrons. The zero-order valence-electron chi connectivity index (χ0n) is 8.40. The first kappa shape index (κ1) is 9.21. The van der Waals surface area contributed by atoms with Crippen LogP contribution in [0.4, 0.5) is 0 Å². The van der Waals surface area contributed by atoms with Crippen LogP contribution in [0.5, 0.6) is 0 Å². The molecule has 0 amide bonds.